The summed E-state index contributed by atoms with van der Waals surface area (Å²) in [4.78, 5) is 14.1. The Morgan fingerprint density at radius 1 is 1.14 bits per heavy atom. The second-order valence-electron chi connectivity index (χ2n) is 5.55. The van der Waals surface area contributed by atoms with Gasteiger partial charge in [0.1, 0.15) is 0 Å². The van der Waals surface area contributed by atoms with Crippen LogP contribution in [0.15, 0.2) is 42.5 Å². The molecule has 4 heteroatoms. The molecule has 0 saturated carbocycles. The van der Waals surface area contributed by atoms with Gasteiger partial charge in [-0.25, -0.2) is 4.79 Å². The second kappa shape index (κ2) is 6.59. The standard InChI is InChI=1S/C17H22N2O2/c1-12(2)19(11-13(3)20)17(21)18-16-10-6-8-14-7-4-5-9-15(14)16/h4-10,12-13,20H,11H2,1-3H3,(H,18,21). The lowest BCUT2D eigenvalue weighted by molar-refractivity contribution is 0.125. The van der Waals surface area contributed by atoms with Gasteiger partial charge >= 0.3 is 6.03 Å². The molecule has 21 heavy (non-hydrogen) atoms. The Hall–Kier alpha value is -2.07. The maximum absolute atomic E-state index is 12.4. The van der Waals surface area contributed by atoms with E-state index in [2.05, 4.69) is 5.32 Å². The van der Waals surface area contributed by atoms with Gasteiger partial charge < -0.3 is 15.3 Å². The number of carbonyl (C=O) groups excluding carboxylic acids is 1. The number of aliphatic hydroxyl groups is 1. The molecule has 2 aromatic rings. The van der Waals surface area contributed by atoms with E-state index in [-0.39, 0.29) is 12.1 Å². The highest BCUT2D eigenvalue weighted by molar-refractivity contribution is 6.01. The van der Waals surface area contributed by atoms with Gasteiger partial charge in [-0.3, -0.25) is 0 Å². The van der Waals surface area contributed by atoms with E-state index in [1.165, 1.54) is 0 Å². The molecule has 1 unspecified atom stereocenters. The van der Waals surface area contributed by atoms with Gasteiger partial charge in [0.05, 0.1) is 11.8 Å². The van der Waals surface area contributed by atoms with Crippen LogP contribution in [0.5, 0.6) is 0 Å². The van der Waals surface area contributed by atoms with Gasteiger partial charge in [-0.15, -0.1) is 0 Å². The molecule has 0 bridgehead atoms. The first-order valence-electron chi connectivity index (χ1n) is 7.22. The zero-order chi connectivity index (χ0) is 15.4. The van der Waals surface area contributed by atoms with Crippen molar-refractivity contribution in [2.24, 2.45) is 0 Å². The topological polar surface area (TPSA) is 52.6 Å². The van der Waals surface area contributed by atoms with Crippen LogP contribution in [-0.2, 0) is 0 Å². The number of benzene rings is 2. The number of amides is 2. The van der Waals surface area contributed by atoms with Gasteiger partial charge in [0, 0.05) is 18.0 Å². The number of anilines is 1. The highest BCUT2D eigenvalue weighted by Crippen LogP contribution is 2.23. The fourth-order valence-corrected chi connectivity index (χ4v) is 2.33. The number of fused-ring (bicyclic) bond motifs is 1. The van der Waals surface area contributed by atoms with Crippen LogP contribution in [0, 0.1) is 0 Å². The maximum Gasteiger partial charge on any atom is 0.322 e. The molecule has 112 valence electrons. The summed E-state index contributed by atoms with van der Waals surface area (Å²) < 4.78 is 0. The summed E-state index contributed by atoms with van der Waals surface area (Å²) in [5.41, 5.74) is 0.786. The Labute approximate surface area is 125 Å². The largest absolute Gasteiger partial charge is 0.392 e. The van der Waals surface area contributed by atoms with Crippen LogP contribution in [-0.4, -0.2) is 34.7 Å². The minimum absolute atomic E-state index is 0.0228. The molecule has 0 aliphatic carbocycles. The Balaban J connectivity index is 2.24. The van der Waals surface area contributed by atoms with E-state index < -0.39 is 6.10 Å². The van der Waals surface area contributed by atoms with Crippen LogP contribution < -0.4 is 5.32 Å². The van der Waals surface area contributed by atoms with Crippen molar-refractivity contribution >= 4 is 22.5 Å². The van der Waals surface area contributed by atoms with E-state index in [1.807, 2.05) is 56.3 Å². The summed E-state index contributed by atoms with van der Waals surface area (Å²) in [6, 6.07) is 13.6. The lowest BCUT2D eigenvalue weighted by atomic mass is 10.1. The third-order valence-electron chi connectivity index (χ3n) is 3.38. The van der Waals surface area contributed by atoms with Crippen molar-refractivity contribution in [3.05, 3.63) is 42.5 Å². The summed E-state index contributed by atoms with van der Waals surface area (Å²) in [5.74, 6) is 0. The summed E-state index contributed by atoms with van der Waals surface area (Å²) in [6.45, 7) is 5.87. The lowest BCUT2D eigenvalue weighted by Gasteiger charge is -2.28. The van der Waals surface area contributed by atoms with E-state index in [0.29, 0.717) is 6.54 Å². The molecule has 0 aliphatic heterocycles. The Morgan fingerprint density at radius 2 is 1.81 bits per heavy atom. The normalized spacial score (nSPS) is 12.4. The molecule has 0 saturated heterocycles. The van der Waals surface area contributed by atoms with Gasteiger partial charge in [-0.1, -0.05) is 36.4 Å². The average molecular weight is 286 g/mol. The lowest BCUT2D eigenvalue weighted by Crippen LogP contribution is -2.43. The third-order valence-corrected chi connectivity index (χ3v) is 3.38. The number of hydrogen-bond donors (Lipinski definition) is 2. The summed E-state index contributed by atoms with van der Waals surface area (Å²) in [5, 5.41) is 14.6. The molecular formula is C17H22N2O2. The van der Waals surface area contributed by atoms with E-state index >= 15 is 0 Å². The van der Waals surface area contributed by atoms with Crippen molar-refractivity contribution in [2.45, 2.75) is 32.9 Å². The number of rotatable bonds is 4. The van der Waals surface area contributed by atoms with Crippen molar-refractivity contribution in [1.82, 2.24) is 4.90 Å². The van der Waals surface area contributed by atoms with Gasteiger partial charge in [-0.05, 0) is 32.2 Å². The molecule has 2 amide bonds. The number of carbonyl (C=O) groups is 1. The fraction of sp³-hybridized carbons (Fsp3) is 0.353. The highest BCUT2D eigenvalue weighted by atomic mass is 16.3. The molecule has 2 aromatic carbocycles. The van der Waals surface area contributed by atoms with Crippen molar-refractivity contribution < 1.29 is 9.90 Å². The number of aliphatic hydroxyl groups excluding tert-OH is 1. The number of nitrogens with one attached hydrogen (secondary N) is 1. The molecule has 0 radical (unpaired) electrons. The first-order chi connectivity index (χ1) is 9.99. The molecule has 0 aliphatic rings. The van der Waals surface area contributed by atoms with Crippen LogP contribution in [0.2, 0.25) is 0 Å². The summed E-state index contributed by atoms with van der Waals surface area (Å²) in [7, 11) is 0. The third kappa shape index (κ3) is 3.73. The van der Waals surface area contributed by atoms with E-state index in [0.717, 1.165) is 16.5 Å². The van der Waals surface area contributed by atoms with Crippen molar-refractivity contribution in [2.75, 3.05) is 11.9 Å². The SMILES string of the molecule is CC(O)CN(C(=O)Nc1cccc2ccccc12)C(C)C. The van der Waals surface area contributed by atoms with Gasteiger partial charge in [0.15, 0.2) is 0 Å². The quantitative estimate of drug-likeness (QED) is 0.904. The zero-order valence-corrected chi connectivity index (χ0v) is 12.7. The molecule has 0 fully saturated rings. The smallest absolute Gasteiger partial charge is 0.322 e. The van der Waals surface area contributed by atoms with Gasteiger partial charge in [-0.2, -0.15) is 0 Å². The summed E-state index contributed by atoms with van der Waals surface area (Å²) in [6.07, 6.45) is -0.550. The molecule has 0 heterocycles. The molecule has 0 aromatic heterocycles. The fourth-order valence-electron chi connectivity index (χ4n) is 2.33. The Bertz CT molecular complexity index is 618. The zero-order valence-electron chi connectivity index (χ0n) is 12.7. The van der Waals surface area contributed by atoms with Crippen LogP contribution in [0.3, 0.4) is 0 Å². The van der Waals surface area contributed by atoms with E-state index in [4.69, 9.17) is 0 Å². The molecule has 2 rings (SSSR count). The van der Waals surface area contributed by atoms with Crippen LogP contribution in [0.1, 0.15) is 20.8 Å². The predicted molar refractivity (Wildman–Crippen MR) is 86.5 cm³/mol. The molecular weight excluding hydrogens is 264 g/mol. The van der Waals surface area contributed by atoms with Crippen molar-refractivity contribution in [3.63, 3.8) is 0 Å². The second-order valence-corrected chi connectivity index (χ2v) is 5.55. The Kier molecular flexibility index (Phi) is 4.81. The first kappa shape index (κ1) is 15.3. The Morgan fingerprint density at radius 3 is 2.48 bits per heavy atom. The molecule has 4 nitrogen and oxygen atoms in total. The number of urea groups is 1. The minimum Gasteiger partial charge on any atom is -0.392 e. The minimum atomic E-state index is -0.550. The van der Waals surface area contributed by atoms with Crippen molar-refractivity contribution in [1.29, 1.82) is 0 Å². The average Bonchev–Trinajstić information content (AvgIpc) is 2.44. The number of nitrogens with zero attached hydrogens (tertiary/aromatic N) is 1. The monoisotopic (exact) mass is 286 g/mol. The highest BCUT2D eigenvalue weighted by Gasteiger charge is 2.19. The van der Waals surface area contributed by atoms with Crippen LogP contribution in [0.25, 0.3) is 10.8 Å². The number of hydrogen-bond acceptors (Lipinski definition) is 2. The molecule has 0 spiro atoms. The maximum atomic E-state index is 12.4. The van der Waals surface area contributed by atoms with Gasteiger partial charge in [0.25, 0.3) is 0 Å². The molecule has 2 N–H and O–H groups in total. The first-order valence-corrected chi connectivity index (χ1v) is 7.22. The molecule has 1 atom stereocenters. The predicted octanol–water partition coefficient (Wildman–Crippen LogP) is 3.46. The van der Waals surface area contributed by atoms with Gasteiger partial charge in [0.2, 0.25) is 0 Å². The van der Waals surface area contributed by atoms with Crippen LogP contribution >= 0.6 is 0 Å². The summed E-state index contributed by atoms with van der Waals surface area (Å²) >= 11 is 0. The van der Waals surface area contributed by atoms with E-state index in [9.17, 15) is 9.90 Å². The van der Waals surface area contributed by atoms with E-state index in [1.54, 1.807) is 11.8 Å². The van der Waals surface area contributed by atoms with Crippen molar-refractivity contribution in [3.8, 4) is 0 Å². The van der Waals surface area contributed by atoms with Crippen LogP contribution in [0.4, 0.5) is 10.5 Å².